The summed E-state index contributed by atoms with van der Waals surface area (Å²) in [5.74, 6) is 0.705. The van der Waals surface area contributed by atoms with E-state index in [1.807, 2.05) is 36.4 Å². The van der Waals surface area contributed by atoms with Gasteiger partial charge in [-0.25, -0.2) is 4.98 Å². The van der Waals surface area contributed by atoms with Crippen LogP contribution in [0.25, 0.3) is 22.7 Å². The van der Waals surface area contributed by atoms with Gasteiger partial charge in [0, 0.05) is 11.1 Å². The molecular formula is C15H11NO2. The first-order chi connectivity index (χ1) is 8.83. The zero-order valence-electron chi connectivity index (χ0n) is 9.58. The highest BCUT2D eigenvalue weighted by Gasteiger charge is 2.08. The first-order valence-corrected chi connectivity index (χ1v) is 5.63. The predicted molar refractivity (Wildman–Crippen MR) is 69.0 cm³/mol. The van der Waals surface area contributed by atoms with Gasteiger partial charge in [-0.3, -0.25) is 0 Å². The number of hydrogen-bond acceptors (Lipinski definition) is 3. The van der Waals surface area contributed by atoms with Crippen LogP contribution in [0, 0.1) is 0 Å². The number of nitrogens with zero attached hydrogens (tertiary/aromatic N) is 1. The van der Waals surface area contributed by atoms with Crippen LogP contribution in [0.4, 0.5) is 0 Å². The third kappa shape index (κ3) is 1.98. The Balaban J connectivity index is 2.00. The molecule has 2 aromatic carbocycles. The Morgan fingerprint density at radius 1 is 0.889 bits per heavy atom. The molecule has 3 rings (SSSR count). The summed E-state index contributed by atoms with van der Waals surface area (Å²) in [5, 5.41) is 9.43. The molecule has 1 heterocycles. The van der Waals surface area contributed by atoms with Gasteiger partial charge < -0.3 is 9.52 Å². The molecule has 0 saturated carbocycles. The Hall–Kier alpha value is -2.55. The number of phenols is 1. The highest BCUT2D eigenvalue weighted by atomic mass is 16.3. The lowest BCUT2D eigenvalue weighted by Crippen LogP contribution is -1.79. The van der Waals surface area contributed by atoms with Crippen molar-refractivity contribution in [2.75, 3.05) is 0 Å². The molecule has 0 bridgehead atoms. The van der Waals surface area contributed by atoms with Crippen molar-refractivity contribution in [3.63, 3.8) is 0 Å². The Morgan fingerprint density at radius 2 is 1.67 bits per heavy atom. The minimum atomic E-state index is 0.201. The van der Waals surface area contributed by atoms with Crippen molar-refractivity contribution < 1.29 is 9.52 Å². The van der Waals surface area contributed by atoms with Gasteiger partial charge in [-0.2, -0.15) is 0 Å². The number of hydrogen-bond donors (Lipinski definition) is 1. The first-order valence-electron chi connectivity index (χ1n) is 5.63. The quantitative estimate of drug-likeness (QED) is 0.739. The van der Waals surface area contributed by atoms with Gasteiger partial charge in [-0.1, -0.05) is 36.4 Å². The van der Waals surface area contributed by atoms with Crippen molar-refractivity contribution in [2.45, 2.75) is 0 Å². The van der Waals surface area contributed by atoms with Crippen LogP contribution in [0.5, 0.6) is 5.75 Å². The van der Waals surface area contributed by atoms with Crippen molar-refractivity contribution in [1.29, 1.82) is 0 Å². The maximum Gasteiger partial charge on any atom is 0.226 e. The van der Waals surface area contributed by atoms with Crippen molar-refractivity contribution in [3.05, 3.63) is 60.9 Å². The highest BCUT2D eigenvalue weighted by Crippen LogP contribution is 2.26. The van der Waals surface area contributed by atoms with Gasteiger partial charge in [0.15, 0.2) is 0 Å². The maximum atomic E-state index is 9.43. The molecule has 18 heavy (non-hydrogen) atoms. The average Bonchev–Trinajstić information content (AvgIpc) is 2.89. The predicted octanol–water partition coefficient (Wildman–Crippen LogP) is 3.71. The van der Waals surface area contributed by atoms with Crippen LogP contribution >= 0.6 is 0 Å². The van der Waals surface area contributed by atoms with Crippen molar-refractivity contribution in [1.82, 2.24) is 4.98 Å². The van der Waals surface area contributed by atoms with Crippen LogP contribution in [0.15, 0.2) is 65.3 Å². The number of aromatic nitrogens is 1. The normalized spacial score (nSPS) is 10.4. The van der Waals surface area contributed by atoms with Gasteiger partial charge in [-0.05, 0) is 18.2 Å². The molecule has 1 N–H and O–H groups in total. The fourth-order valence-corrected chi connectivity index (χ4v) is 1.79. The summed E-state index contributed by atoms with van der Waals surface area (Å²) < 4.78 is 5.44. The lowest BCUT2D eigenvalue weighted by molar-refractivity contribution is 0.475. The van der Waals surface area contributed by atoms with E-state index in [2.05, 4.69) is 4.98 Å². The largest absolute Gasteiger partial charge is 0.508 e. The average molecular weight is 237 g/mol. The Morgan fingerprint density at radius 3 is 2.44 bits per heavy atom. The van der Waals surface area contributed by atoms with Gasteiger partial charge in [0.2, 0.25) is 5.89 Å². The monoisotopic (exact) mass is 237 g/mol. The van der Waals surface area contributed by atoms with Crippen LogP contribution in [-0.4, -0.2) is 10.1 Å². The second-order valence-electron chi connectivity index (χ2n) is 3.95. The molecule has 3 nitrogen and oxygen atoms in total. The van der Waals surface area contributed by atoms with Crippen LogP contribution in [-0.2, 0) is 0 Å². The summed E-state index contributed by atoms with van der Waals surface area (Å²) in [6, 6.07) is 16.7. The van der Waals surface area contributed by atoms with E-state index < -0.39 is 0 Å². The Kier molecular flexibility index (Phi) is 2.57. The molecule has 0 aliphatic carbocycles. The minimum Gasteiger partial charge on any atom is -0.508 e. The molecule has 1 aromatic heterocycles. The molecule has 3 heteroatoms. The van der Waals surface area contributed by atoms with E-state index >= 15 is 0 Å². The van der Waals surface area contributed by atoms with Gasteiger partial charge in [0.05, 0.1) is 0 Å². The number of benzene rings is 2. The number of phenolic OH excluding ortho intramolecular Hbond substituents is 1. The summed E-state index contributed by atoms with van der Waals surface area (Å²) in [6.07, 6.45) is 1.62. The second-order valence-corrected chi connectivity index (χ2v) is 3.95. The molecule has 0 aliphatic rings. The number of oxazole rings is 1. The maximum absolute atomic E-state index is 9.43. The van der Waals surface area contributed by atoms with E-state index in [-0.39, 0.29) is 5.75 Å². The topological polar surface area (TPSA) is 46.3 Å². The van der Waals surface area contributed by atoms with E-state index in [0.717, 1.165) is 16.8 Å². The van der Waals surface area contributed by atoms with Gasteiger partial charge >= 0.3 is 0 Å². The fourth-order valence-electron chi connectivity index (χ4n) is 1.79. The SMILES string of the molecule is Oc1cccc(-c2nc(-c3ccccc3)co2)c1. The van der Waals surface area contributed by atoms with Gasteiger partial charge in [0.1, 0.15) is 17.7 Å². The molecule has 0 unspecified atom stereocenters. The third-order valence-corrected chi connectivity index (χ3v) is 2.67. The van der Waals surface area contributed by atoms with Crippen molar-refractivity contribution in [3.8, 4) is 28.5 Å². The molecule has 0 spiro atoms. The zero-order valence-corrected chi connectivity index (χ0v) is 9.58. The van der Waals surface area contributed by atoms with Crippen LogP contribution in [0.2, 0.25) is 0 Å². The van der Waals surface area contributed by atoms with E-state index in [4.69, 9.17) is 4.42 Å². The molecule has 3 aromatic rings. The highest BCUT2D eigenvalue weighted by molar-refractivity contribution is 5.63. The molecule has 0 saturated heterocycles. The van der Waals surface area contributed by atoms with Crippen molar-refractivity contribution >= 4 is 0 Å². The molecule has 0 radical (unpaired) electrons. The minimum absolute atomic E-state index is 0.201. The summed E-state index contributed by atoms with van der Waals surface area (Å²) in [5.41, 5.74) is 2.55. The Bertz CT molecular complexity index is 659. The van der Waals surface area contributed by atoms with Crippen LogP contribution < -0.4 is 0 Å². The summed E-state index contributed by atoms with van der Waals surface area (Å²) in [4.78, 5) is 4.41. The molecular weight excluding hydrogens is 226 g/mol. The smallest absolute Gasteiger partial charge is 0.226 e. The van der Waals surface area contributed by atoms with E-state index in [0.29, 0.717) is 5.89 Å². The molecule has 0 atom stereocenters. The number of aromatic hydroxyl groups is 1. The summed E-state index contributed by atoms with van der Waals surface area (Å²) in [6.45, 7) is 0. The van der Waals surface area contributed by atoms with Crippen LogP contribution in [0.1, 0.15) is 0 Å². The van der Waals surface area contributed by atoms with Crippen molar-refractivity contribution in [2.24, 2.45) is 0 Å². The van der Waals surface area contributed by atoms with Gasteiger partial charge in [0.25, 0.3) is 0 Å². The lowest BCUT2D eigenvalue weighted by atomic mass is 10.2. The summed E-state index contributed by atoms with van der Waals surface area (Å²) in [7, 11) is 0. The lowest BCUT2D eigenvalue weighted by Gasteiger charge is -1.96. The zero-order chi connectivity index (χ0) is 12.4. The molecule has 0 fully saturated rings. The van der Waals surface area contributed by atoms with E-state index in [9.17, 15) is 5.11 Å². The van der Waals surface area contributed by atoms with E-state index in [1.54, 1.807) is 24.5 Å². The summed E-state index contributed by atoms with van der Waals surface area (Å²) >= 11 is 0. The molecule has 88 valence electrons. The molecule has 0 aliphatic heterocycles. The third-order valence-electron chi connectivity index (χ3n) is 2.67. The Labute approximate surface area is 104 Å². The first kappa shape index (κ1) is 10.6. The fraction of sp³-hybridized carbons (Fsp3) is 0. The second kappa shape index (κ2) is 4.37. The van der Waals surface area contributed by atoms with E-state index in [1.165, 1.54) is 0 Å². The number of rotatable bonds is 2. The van der Waals surface area contributed by atoms with Gasteiger partial charge in [-0.15, -0.1) is 0 Å². The standard InChI is InChI=1S/C15H11NO2/c17-13-8-4-7-12(9-13)15-16-14(10-18-15)11-5-2-1-3-6-11/h1-10,17H. The molecule has 0 amide bonds. The van der Waals surface area contributed by atoms with Crippen LogP contribution in [0.3, 0.4) is 0 Å².